The maximum atomic E-state index is 14.2. The van der Waals surface area contributed by atoms with Gasteiger partial charge in [-0.05, 0) is 40.7 Å². The van der Waals surface area contributed by atoms with E-state index in [1.807, 2.05) is 55.5 Å². The Hall–Kier alpha value is -3.91. The monoisotopic (exact) mass is 542 g/mol. The number of hydrogen-bond donors (Lipinski definition) is 1. The number of esters is 1. The SMILES string of the molecule is CC1=C(C(=O)OCc2ccccc2)C(c2ccc(C(C)(C)C)cc2)n2nc(SCc3ccccc3F)nc2N1. The third kappa shape index (κ3) is 5.91. The number of fused-ring (bicyclic) bond motifs is 1. The summed E-state index contributed by atoms with van der Waals surface area (Å²) in [5.41, 5.74) is 4.69. The van der Waals surface area contributed by atoms with Gasteiger partial charge in [0.25, 0.3) is 0 Å². The van der Waals surface area contributed by atoms with Gasteiger partial charge in [-0.15, -0.1) is 5.10 Å². The van der Waals surface area contributed by atoms with Gasteiger partial charge in [0.05, 0.1) is 5.57 Å². The topological polar surface area (TPSA) is 69.0 Å². The van der Waals surface area contributed by atoms with Crippen LogP contribution in [0.15, 0.2) is 95.3 Å². The number of rotatable bonds is 7. The second-order valence-electron chi connectivity index (χ2n) is 10.5. The van der Waals surface area contributed by atoms with Crippen molar-refractivity contribution in [1.29, 1.82) is 0 Å². The lowest BCUT2D eigenvalue weighted by Crippen LogP contribution is -2.29. The molecule has 0 radical (unpaired) electrons. The molecule has 1 unspecified atom stereocenters. The van der Waals surface area contributed by atoms with Crippen LogP contribution in [0.1, 0.15) is 56.0 Å². The van der Waals surface area contributed by atoms with Crippen LogP contribution in [0.25, 0.3) is 0 Å². The van der Waals surface area contributed by atoms with Gasteiger partial charge in [0.1, 0.15) is 18.5 Å². The molecule has 0 amide bonds. The smallest absolute Gasteiger partial charge is 0.338 e. The minimum absolute atomic E-state index is 0.00914. The van der Waals surface area contributed by atoms with Crippen molar-refractivity contribution < 1.29 is 13.9 Å². The second kappa shape index (κ2) is 11.1. The number of nitrogens with one attached hydrogen (secondary N) is 1. The number of halogens is 1. The van der Waals surface area contributed by atoms with Crippen molar-refractivity contribution in [3.05, 3.63) is 118 Å². The van der Waals surface area contributed by atoms with Crippen molar-refractivity contribution in [2.24, 2.45) is 0 Å². The number of nitrogens with zero attached hydrogens (tertiary/aromatic N) is 3. The van der Waals surface area contributed by atoms with Crippen molar-refractivity contribution in [3.63, 3.8) is 0 Å². The lowest BCUT2D eigenvalue weighted by Gasteiger charge is -2.28. The number of aromatic nitrogens is 3. The first-order valence-corrected chi connectivity index (χ1v) is 13.8. The number of thioether (sulfide) groups is 1. The summed E-state index contributed by atoms with van der Waals surface area (Å²) in [7, 11) is 0. The van der Waals surface area contributed by atoms with Crippen molar-refractivity contribution in [2.45, 2.75) is 56.7 Å². The maximum Gasteiger partial charge on any atom is 0.338 e. The Kier molecular flexibility index (Phi) is 7.57. The zero-order chi connectivity index (χ0) is 27.6. The number of allylic oxidation sites excluding steroid dienone is 1. The Morgan fingerprint density at radius 2 is 1.72 bits per heavy atom. The Bertz CT molecular complexity index is 1510. The third-order valence-corrected chi connectivity index (χ3v) is 7.56. The molecule has 0 aliphatic carbocycles. The molecule has 0 saturated carbocycles. The molecule has 1 N–H and O–H groups in total. The summed E-state index contributed by atoms with van der Waals surface area (Å²) < 4.78 is 21.7. The number of carbonyl (C=O) groups is 1. The Labute approximate surface area is 232 Å². The minimum Gasteiger partial charge on any atom is -0.457 e. The fourth-order valence-corrected chi connectivity index (χ4v) is 5.30. The van der Waals surface area contributed by atoms with E-state index in [-0.39, 0.29) is 17.8 Å². The van der Waals surface area contributed by atoms with Crippen molar-refractivity contribution in [1.82, 2.24) is 14.8 Å². The summed E-state index contributed by atoms with van der Waals surface area (Å²) in [6.07, 6.45) is 0. The molecule has 0 bridgehead atoms. The number of benzene rings is 3. The molecule has 5 rings (SSSR count). The molecule has 39 heavy (non-hydrogen) atoms. The quantitative estimate of drug-likeness (QED) is 0.200. The van der Waals surface area contributed by atoms with Crippen LogP contribution in [0.4, 0.5) is 10.3 Å². The van der Waals surface area contributed by atoms with Crippen molar-refractivity contribution in [2.75, 3.05) is 5.32 Å². The van der Waals surface area contributed by atoms with Gasteiger partial charge in [-0.1, -0.05) is 105 Å². The van der Waals surface area contributed by atoms with E-state index in [0.29, 0.717) is 33.7 Å². The predicted molar refractivity (Wildman–Crippen MR) is 152 cm³/mol. The molecule has 200 valence electrons. The lowest BCUT2D eigenvalue weighted by molar-refractivity contribution is -0.140. The first-order valence-electron chi connectivity index (χ1n) is 12.8. The molecule has 4 aromatic rings. The molecule has 2 heterocycles. The maximum absolute atomic E-state index is 14.2. The van der Waals surface area contributed by atoms with E-state index in [4.69, 9.17) is 9.84 Å². The van der Waals surface area contributed by atoms with E-state index in [2.05, 4.69) is 43.2 Å². The van der Waals surface area contributed by atoms with Gasteiger partial charge in [-0.2, -0.15) is 4.98 Å². The third-order valence-electron chi connectivity index (χ3n) is 6.67. The van der Waals surface area contributed by atoms with E-state index in [1.54, 1.807) is 16.8 Å². The normalized spacial score (nSPS) is 15.1. The molecule has 1 aliphatic heterocycles. The molecule has 8 heteroatoms. The van der Waals surface area contributed by atoms with Gasteiger partial charge < -0.3 is 10.1 Å². The van der Waals surface area contributed by atoms with Gasteiger partial charge in [0, 0.05) is 11.4 Å². The van der Waals surface area contributed by atoms with Crippen LogP contribution >= 0.6 is 11.8 Å². The average Bonchev–Trinajstić information content (AvgIpc) is 3.33. The fraction of sp³-hybridized carbons (Fsp3) is 0.258. The molecule has 0 spiro atoms. The van der Waals surface area contributed by atoms with Gasteiger partial charge in [-0.25, -0.2) is 13.9 Å². The second-order valence-corrected chi connectivity index (χ2v) is 11.5. The summed E-state index contributed by atoms with van der Waals surface area (Å²) in [4.78, 5) is 18.2. The number of anilines is 1. The molecular formula is C31H31FN4O2S. The van der Waals surface area contributed by atoms with Crippen LogP contribution in [0.2, 0.25) is 0 Å². The molecule has 1 atom stereocenters. The Morgan fingerprint density at radius 3 is 2.41 bits per heavy atom. The number of ether oxygens (including phenoxy) is 1. The zero-order valence-electron chi connectivity index (χ0n) is 22.4. The van der Waals surface area contributed by atoms with Crippen LogP contribution in [-0.2, 0) is 27.3 Å². The van der Waals surface area contributed by atoms with E-state index in [9.17, 15) is 9.18 Å². The summed E-state index contributed by atoms with van der Waals surface area (Å²) >= 11 is 1.34. The largest absolute Gasteiger partial charge is 0.457 e. The number of carbonyl (C=O) groups excluding carboxylic acids is 1. The summed E-state index contributed by atoms with van der Waals surface area (Å²) in [5.74, 6) is 0.229. The van der Waals surface area contributed by atoms with Crippen molar-refractivity contribution in [3.8, 4) is 0 Å². The minimum atomic E-state index is -0.533. The molecular weight excluding hydrogens is 511 g/mol. The highest BCUT2D eigenvalue weighted by Gasteiger charge is 2.35. The first kappa shape index (κ1) is 26.7. The van der Waals surface area contributed by atoms with Crippen LogP contribution in [0.5, 0.6) is 0 Å². The highest BCUT2D eigenvalue weighted by Crippen LogP contribution is 2.38. The van der Waals surface area contributed by atoms with Crippen LogP contribution in [-0.4, -0.2) is 20.7 Å². The van der Waals surface area contributed by atoms with E-state index < -0.39 is 12.0 Å². The highest BCUT2D eigenvalue weighted by molar-refractivity contribution is 7.98. The summed E-state index contributed by atoms with van der Waals surface area (Å²) in [6, 6.07) is 24.0. The zero-order valence-corrected chi connectivity index (χ0v) is 23.3. The Balaban J connectivity index is 1.47. The molecule has 1 aliphatic rings. The van der Waals surface area contributed by atoms with E-state index >= 15 is 0 Å². The molecule has 0 fully saturated rings. The highest BCUT2D eigenvalue weighted by atomic mass is 32.2. The molecule has 6 nitrogen and oxygen atoms in total. The molecule has 0 saturated heterocycles. The summed E-state index contributed by atoms with van der Waals surface area (Å²) in [5, 5.41) is 8.48. The van der Waals surface area contributed by atoms with Gasteiger partial charge in [0.2, 0.25) is 11.1 Å². The molecule has 3 aromatic carbocycles. The van der Waals surface area contributed by atoms with Gasteiger partial charge in [-0.3, -0.25) is 0 Å². The first-order chi connectivity index (χ1) is 18.7. The predicted octanol–water partition coefficient (Wildman–Crippen LogP) is 7.04. The number of hydrogen-bond acceptors (Lipinski definition) is 6. The van der Waals surface area contributed by atoms with E-state index in [1.165, 1.54) is 23.4 Å². The summed E-state index contributed by atoms with van der Waals surface area (Å²) in [6.45, 7) is 8.51. The van der Waals surface area contributed by atoms with Gasteiger partial charge >= 0.3 is 5.97 Å². The Morgan fingerprint density at radius 1 is 1.03 bits per heavy atom. The van der Waals surface area contributed by atoms with Crippen LogP contribution in [0, 0.1) is 5.82 Å². The van der Waals surface area contributed by atoms with E-state index in [0.717, 1.165) is 11.1 Å². The van der Waals surface area contributed by atoms with Crippen LogP contribution in [0.3, 0.4) is 0 Å². The van der Waals surface area contributed by atoms with Crippen molar-refractivity contribution >= 4 is 23.7 Å². The molecule has 1 aromatic heterocycles. The average molecular weight is 543 g/mol. The lowest BCUT2D eigenvalue weighted by atomic mass is 9.85. The standard InChI is InChI=1S/C31H31FN4O2S/c1-20-26(28(37)38-18-21-10-6-5-7-11-21)27(22-14-16-24(17-15-22)31(2,3)4)36-29(33-20)34-30(35-36)39-19-23-12-8-9-13-25(23)32/h5-17,27H,18-19H2,1-4H3,(H,33,34,35). The van der Waals surface area contributed by atoms with Gasteiger partial charge in [0.15, 0.2) is 0 Å². The van der Waals surface area contributed by atoms with Crippen LogP contribution < -0.4 is 5.32 Å². The fourth-order valence-electron chi connectivity index (χ4n) is 4.49.